The van der Waals surface area contributed by atoms with E-state index in [2.05, 4.69) is 4.98 Å². The molecule has 0 saturated carbocycles. The predicted molar refractivity (Wildman–Crippen MR) is 135 cm³/mol. The van der Waals surface area contributed by atoms with Crippen LogP contribution in [0.5, 0.6) is 5.75 Å². The molecule has 210 valence electrons. The van der Waals surface area contributed by atoms with Gasteiger partial charge in [-0.3, -0.25) is 9.78 Å². The molecule has 9 nitrogen and oxygen atoms in total. The summed E-state index contributed by atoms with van der Waals surface area (Å²) in [5.74, 6) is -2.98. The zero-order valence-electron chi connectivity index (χ0n) is 20.6. The van der Waals surface area contributed by atoms with Gasteiger partial charge in [0.05, 0.1) is 41.0 Å². The Morgan fingerprint density at radius 1 is 1.03 bits per heavy atom. The van der Waals surface area contributed by atoms with Crippen LogP contribution in [-0.4, -0.2) is 53.4 Å². The highest BCUT2D eigenvalue weighted by molar-refractivity contribution is 7.91. The Morgan fingerprint density at radius 2 is 1.72 bits per heavy atom. The molecule has 1 aromatic heterocycles. The summed E-state index contributed by atoms with van der Waals surface area (Å²) in [4.78, 5) is 17.5. The van der Waals surface area contributed by atoms with Gasteiger partial charge in [-0.05, 0) is 42.8 Å². The van der Waals surface area contributed by atoms with Crippen molar-refractivity contribution in [2.45, 2.75) is 17.5 Å². The lowest BCUT2D eigenvalue weighted by Crippen LogP contribution is -2.28. The molecular weight excluding hydrogens is 566 g/mol. The third kappa shape index (κ3) is 7.30. The number of anilines is 1. The van der Waals surface area contributed by atoms with Crippen molar-refractivity contribution in [3.05, 3.63) is 71.8 Å². The van der Waals surface area contributed by atoms with Crippen LogP contribution in [0.1, 0.15) is 22.3 Å². The van der Waals surface area contributed by atoms with Gasteiger partial charge < -0.3 is 9.64 Å². The summed E-state index contributed by atoms with van der Waals surface area (Å²) in [5, 5.41) is 4.86. The molecule has 1 heterocycles. The van der Waals surface area contributed by atoms with Gasteiger partial charge in [-0.25, -0.2) is 26.4 Å². The number of amides is 1. The van der Waals surface area contributed by atoms with Crippen LogP contribution >= 0.6 is 0 Å². The summed E-state index contributed by atoms with van der Waals surface area (Å²) in [6.07, 6.45) is -2.81. The number of methoxy groups -OCH3 is 1. The average molecular weight is 590 g/mol. The summed E-state index contributed by atoms with van der Waals surface area (Å²) in [6, 6.07) is 6.82. The second-order valence-electron chi connectivity index (χ2n) is 8.38. The van der Waals surface area contributed by atoms with Gasteiger partial charge in [0.1, 0.15) is 11.6 Å². The first-order valence-electron chi connectivity index (χ1n) is 11.0. The fourth-order valence-electron chi connectivity index (χ4n) is 3.71. The van der Waals surface area contributed by atoms with Crippen molar-refractivity contribution in [2.75, 3.05) is 30.6 Å². The van der Waals surface area contributed by atoms with Crippen LogP contribution in [0.4, 0.5) is 23.2 Å². The van der Waals surface area contributed by atoms with E-state index < -0.39 is 71.7 Å². The first kappa shape index (κ1) is 30.0. The average Bonchev–Trinajstić information content (AvgIpc) is 2.86. The number of sulfonamides is 1. The third-order valence-corrected chi connectivity index (χ3v) is 8.24. The van der Waals surface area contributed by atoms with E-state index >= 15 is 0 Å². The Hall–Kier alpha value is -3.56. The van der Waals surface area contributed by atoms with Crippen molar-refractivity contribution >= 4 is 31.5 Å². The van der Waals surface area contributed by atoms with E-state index in [1.165, 1.54) is 38.7 Å². The molecule has 2 N–H and O–H groups in total. The summed E-state index contributed by atoms with van der Waals surface area (Å²) in [6.45, 7) is 0. The second kappa shape index (κ2) is 11.3. The predicted octanol–water partition coefficient (Wildman–Crippen LogP) is 3.64. The number of carbonyl (C=O) groups is 1. The van der Waals surface area contributed by atoms with Crippen LogP contribution in [-0.2, 0) is 26.0 Å². The maximum Gasteiger partial charge on any atom is 0.416 e. The highest BCUT2D eigenvalue weighted by atomic mass is 32.2. The number of nitrogens with two attached hydrogens (primary N) is 1. The van der Waals surface area contributed by atoms with Crippen LogP contribution < -0.4 is 14.8 Å². The highest BCUT2D eigenvalue weighted by Crippen LogP contribution is 2.37. The Labute approximate surface area is 222 Å². The normalized spacial score (nSPS) is 12.3. The van der Waals surface area contributed by atoms with Gasteiger partial charge in [-0.2, -0.15) is 13.2 Å². The number of sulfone groups is 1. The molecule has 3 aromatic rings. The van der Waals surface area contributed by atoms with E-state index in [0.29, 0.717) is 23.3 Å². The monoisotopic (exact) mass is 589 g/mol. The van der Waals surface area contributed by atoms with Gasteiger partial charge in [-0.15, -0.1) is 0 Å². The van der Waals surface area contributed by atoms with Gasteiger partial charge in [0.15, 0.2) is 9.84 Å². The molecule has 39 heavy (non-hydrogen) atoms. The Bertz CT molecular complexity index is 1610. The quantitative estimate of drug-likeness (QED) is 0.376. The number of ether oxygens (including phenoxy) is 1. The number of rotatable bonds is 9. The Kier molecular flexibility index (Phi) is 8.67. The van der Waals surface area contributed by atoms with E-state index in [9.17, 15) is 39.2 Å². The van der Waals surface area contributed by atoms with Crippen LogP contribution in [0.15, 0.2) is 59.8 Å². The number of nitrogens with zero attached hydrogens (tertiary/aromatic N) is 2. The van der Waals surface area contributed by atoms with Crippen molar-refractivity contribution < 1.29 is 43.9 Å². The zero-order chi connectivity index (χ0) is 29.2. The van der Waals surface area contributed by atoms with Crippen molar-refractivity contribution in [3.8, 4) is 16.9 Å². The smallest absolute Gasteiger partial charge is 0.416 e. The standard InChI is InChI=1S/C24H23F4N3O6S2/c1-31(21-14-30-7-6-19(21)20-5-4-17(25)13-22(20)37-2)23(32)15-10-16(24(26,27)28)12-18(11-15)38(33,34)8-3-9-39(29,35)36/h4-7,10-14H,3,8-9H2,1-2H3,(H2,29,35,36). The number of halogens is 4. The molecule has 0 aliphatic rings. The molecule has 0 bridgehead atoms. The lowest BCUT2D eigenvalue weighted by atomic mass is 10.0. The molecule has 0 fully saturated rings. The molecule has 1 amide bonds. The van der Waals surface area contributed by atoms with Crippen LogP contribution in [0.3, 0.4) is 0 Å². The number of benzene rings is 2. The fraction of sp³-hybridized carbons (Fsp3) is 0.250. The molecule has 15 heteroatoms. The number of hydrogen-bond acceptors (Lipinski definition) is 7. The van der Waals surface area contributed by atoms with Crippen LogP contribution in [0.25, 0.3) is 11.1 Å². The first-order valence-corrected chi connectivity index (χ1v) is 14.4. The minimum Gasteiger partial charge on any atom is -0.496 e. The Balaban J connectivity index is 2.08. The van der Waals surface area contributed by atoms with Gasteiger partial charge in [0.2, 0.25) is 10.0 Å². The Morgan fingerprint density at radius 3 is 2.33 bits per heavy atom. The molecule has 0 aliphatic heterocycles. The summed E-state index contributed by atoms with van der Waals surface area (Å²) < 4.78 is 108. The molecule has 0 aliphatic carbocycles. The fourth-order valence-corrected chi connectivity index (χ4v) is 5.81. The number of pyridine rings is 1. The highest BCUT2D eigenvalue weighted by Gasteiger charge is 2.34. The lowest BCUT2D eigenvalue weighted by Gasteiger charge is -2.22. The SMILES string of the molecule is COc1cc(F)ccc1-c1ccncc1N(C)C(=O)c1cc(C(F)(F)F)cc(S(=O)(=O)CCCS(N)(=O)=O)c1. The number of carbonyl (C=O) groups excluding carboxylic acids is 1. The maximum absolute atomic E-state index is 13.7. The molecule has 0 radical (unpaired) electrons. The summed E-state index contributed by atoms with van der Waals surface area (Å²) in [7, 11) is -5.87. The number of primary sulfonamides is 1. The second-order valence-corrected chi connectivity index (χ2v) is 12.2. The van der Waals surface area contributed by atoms with Crippen molar-refractivity contribution in [1.82, 2.24) is 4.98 Å². The van der Waals surface area contributed by atoms with Crippen LogP contribution in [0, 0.1) is 5.82 Å². The van der Waals surface area contributed by atoms with Crippen molar-refractivity contribution in [3.63, 3.8) is 0 Å². The molecule has 3 rings (SSSR count). The maximum atomic E-state index is 13.7. The van der Waals surface area contributed by atoms with E-state index in [4.69, 9.17) is 9.88 Å². The summed E-state index contributed by atoms with van der Waals surface area (Å²) >= 11 is 0. The minimum absolute atomic E-state index is 0.113. The lowest BCUT2D eigenvalue weighted by molar-refractivity contribution is -0.137. The first-order chi connectivity index (χ1) is 18.0. The molecule has 0 unspecified atom stereocenters. The zero-order valence-corrected chi connectivity index (χ0v) is 22.2. The summed E-state index contributed by atoms with van der Waals surface area (Å²) in [5.41, 5.74) is -1.18. The topological polar surface area (TPSA) is 137 Å². The molecular formula is C24H23F4N3O6S2. The third-order valence-electron chi connectivity index (χ3n) is 5.60. The van der Waals surface area contributed by atoms with E-state index in [1.54, 1.807) is 0 Å². The minimum atomic E-state index is -5.00. The van der Waals surface area contributed by atoms with Crippen LogP contribution in [0.2, 0.25) is 0 Å². The van der Waals surface area contributed by atoms with Crippen molar-refractivity contribution in [2.24, 2.45) is 5.14 Å². The molecule has 0 spiro atoms. The van der Waals surface area contributed by atoms with Gasteiger partial charge in [0.25, 0.3) is 5.91 Å². The van der Waals surface area contributed by atoms with E-state index in [-0.39, 0.29) is 11.4 Å². The molecule has 0 atom stereocenters. The molecule has 2 aromatic carbocycles. The largest absolute Gasteiger partial charge is 0.496 e. The number of hydrogen-bond donors (Lipinski definition) is 1. The van der Waals surface area contributed by atoms with Crippen molar-refractivity contribution in [1.29, 1.82) is 0 Å². The molecule has 0 saturated heterocycles. The van der Waals surface area contributed by atoms with Gasteiger partial charge >= 0.3 is 6.18 Å². The number of aromatic nitrogens is 1. The van der Waals surface area contributed by atoms with Gasteiger partial charge in [0, 0.05) is 36.0 Å². The van der Waals surface area contributed by atoms with E-state index in [1.807, 2.05) is 0 Å². The van der Waals surface area contributed by atoms with Gasteiger partial charge in [-0.1, -0.05) is 0 Å². The number of alkyl halides is 3. The van der Waals surface area contributed by atoms with E-state index in [0.717, 1.165) is 23.1 Å².